The van der Waals surface area contributed by atoms with Crippen LogP contribution in [0, 0.1) is 5.92 Å². The number of rotatable bonds is 3. The Balaban J connectivity index is 1.65. The molecule has 1 aromatic carbocycles. The molecule has 108 valence electrons. The Bertz CT molecular complexity index is 431. The average Bonchev–Trinajstić information content (AvgIpc) is 2.55. The second-order valence-electron chi connectivity index (χ2n) is 6.76. The van der Waals surface area contributed by atoms with Gasteiger partial charge >= 0.3 is 0 Å². The van der Waals surface area contributed by atoms with Gasteiger partial charge in [-0.2, -0.15) is 0 Å². The maximum atomic E-state index is 2.47. The zero-order valence-corrected chi connectivity index (χ0v) is 12.7. The fourth-order valence-electron chi connectivity index (χ4n) is 3.93. The molecule has 0 bridgehead atoms. The van der Waals surface area contributed by atoms with Crippen LogP contribution in [0.5, 0.6) is 0 Å². The van der Waals surface area contributed by atoms with Crippen LogP contribution in [0.4, 0.5) is 0 Å². The third-order valence-electron chi connectivity index (χ3n) is 5.20. The second kappa shape index (κ2) is 7.11. The van der Waals surface area contributed by atoms with Gasteiger partial charge in [0.2, 0.25) is 0 Å². The van der Waals surface area contributed by atoms with Gasteiger partial charge in [0.25, 0.3) is 0 Å². The van der Waals surface area contributed by atoms with Gasteiger partial charge in [-0.05, 0) is 48.6 Å². The van der Waals surface area contributed by atoms with Gasteiger partial charge in [0, 0.05) is 0 Å². The molecule has 0 atom stereocenters. The molecule has 0 heteroatoms. The first-order valence-corrected chi connectivity index (χ1v) is 8.70. The lowest BCUT2D eigenvalue weighted by Gasteiger charge is -2.22. The maximum Gasteiger partial charge on any atom is -0.0162 e. The summed E-state index contributed by atoms with van der Waals surface area (Å²) in [7, 11) is 0. The molecule has 0 unspecified atom stereocenters. The first-order chi connectivity index (χ1) is 9.92. The molecule has 2 fully saturated rings. The lowest BCUT2D eigenvalue weighted by Crippen LogP contribution is -2.04. The van der Waals surface area contributed by atoms with E-state index in [1.807, 2.05) is 0 Å². The Kier molecular flexibility index (Phi) is 4.95. The van der Waals surface area contributed by atoms with E-state index in [4.69, 9.17) is 0 Å². The van der Waals surface area contributed by atoms with E-state index in [-0.39, 0.29) is 0 Å². The third-order valence-corrected chi connectivity index (χ3v) is 5.20. The van der Waals surface area contributed by atoms with E-state index in [0.717, 1.165) is 11.8 Å². The van der Waals surface area contributed by atoms with E-state index in [1.54, 1.807) is 5.56 Å². The van der Waals surface area contributed by atoms with Gasteiger partial charge in [-0.1, -0.05) is 74.9 Å². The van der Waals surface area contributed by atoms with Crippen molar-refractivity contribution in [2.75, 3.05) is 0 Å². The summed E-state index contributed by atoms with van der Waals surface area (Å²) < 4.78 is 0. The number of hydrogen-bond donors (Lipinski definition) is 0. The molecule has 0 aliphatic heterocycles. The van der Waals surface area contributed by atoms with Crippen molar-refractivity contribution < 1.29 is 0 Å². The average molecular weight is 268 g/mol. The van der Waals surface area contributed by atoms with Crippen LogP contribution < -0.4 is 0 Å². The molecule has 1 aromatic rings. The van der Waals surface area contributed by atoms with Gasteiger partial charge in [-0.3, -0.25) is 0 Å². The zero-order chi connectivity index (χ0) is 13.6. The third kappa shape index (κ3) is 3.75. The largest absolute Gasteiger partial charge is 0.0808 e. The highest BCUT2D eigenvalue weighted by Gasteiger charge is 2.15. The van der Waals surface area contributed by atoms with Crippen LogP contribution in [-0.2, 0) is 0 Å². The maximum absolute atomic E-state index is 2.47. The first kappa shape index (κ1) is 13.9. The van der Waals surface area contributed by atoms with E-state index in [2.05, 4.69) is 36.4 Å². The highest BCUT2D eigenvalue weighted by atomic mass is 14.2. The molecule has 0 N–H and O–H groups in total. The van der Waals surface area contributed by atoms with Crippen molar-refractivity contribution >= 4 is 6.08 Å². The van der Waals surface area contributed by atoms with Crippen molar-refractivity contribution in [2.45, 2.75) is 70.1 Å². The molecule has 0 spiro atoms. The molecule has 0 heterocycles. The van der Waals surface area contributed by atoms with Gasteiger partial charge in [-0.25, -0.2) is 0 Å². The van der Waals surface area contributed by atoms with E-state index in [1.165, 1.54) is 69.8 Å². The van der Waals surface area contributed by atoms with E-state index in [0.29, 0.717) is 0 Å². The van der Waals surface area contributed by atoms with Gasteiger partial charge in [0.15, 0.2) is 0 Å². The Labute approximate surface area is 124 Å². The Morgan fingerprint density at radius 3 is 2.25 bits per heavy atom. The van der Waals surface area contributed by atoms with Crippen LogP contribution >= 0.6 is 0 Å². The Hall–Kier alpha value is -1.04. The minimum Gasteiger partial charge on any atom is -0.0808 e. The van der Waals surface area contributed by atoms with Gasteiger partial charge in [-0.15, -0.1) is 0 Å². The fourth-order valence-corrected chi connectivity index (χ4v) is 3.93. The predicted molar refractivity (Wildman–Crippen MR) is 87.9 cm³/mol. The highest BCUT2D eigenvalue weighted by Crippen LogP contribution is 2.33. The van der Waals surface area contributed by atoms with Crippen molar-refractivity contribution in [1.29, 1.82) is 0 Å². The molecule has 2 aliphatic rings. The highest BCUT2D eigenvalue weighted by molar-refractivity contribution is 5.51. The van der Waals surface area contributed by atoms with Crippen LogP contribution in [0.3, 0.4) is 0 Å². The molecule has 3 rings (SSSR count). The smallest absolute Gasteiger partial charge is 0.0162 e. The summed E-state index contributed by atoms with van der Waals surface area (Å²) in [4.78, 5) is 0. The molecule has 0 radical (unpaired) electrons. The van der Waals surface area contributed by atoms with Crippen LogP contribution in [0.15, 0.2) is 30.3 Å². The second-order valence-corrected chi connectivity index (χ2v) is 6.76. The number of benzene rings is 1. The summed E-state index contributed by atoms with van der Waals surface area (Å²) in [5.41, 5.74) is 2.99. The van der Waals surface area contributed by atoms with Crippen molar-refractivity contribution in [2.24, 2.45) is 5.92 Å². The summed E-state index contributed by atoms with van der Waals surface area (Å²) in [6.07, 6.45) is 19.0. The van der Waals surface area contributed by atoms with Crippen LogP contribution in [0.1, 0.15) is 81.3 Å². The Morgan fingerprint density at radius 2 is 1.50 bits per heavy atom. The summed E-state index contributed by atoms with van der Waals surface area (Å²) in [6.45, 7) is 0. The topological polar surface area (TPSA) is 0 Å². The molecular weight excluding hydrogens is 240 g/mol. The summed E-state index contributed by atoms with van der Waals surface area (Å²) in [6, 6.07) is 9.30. The van der Waals surface area contributed by atoms with Crippen molar-refractivity contribution in [3.63, 3.8) is 0 Å². The summed E-state index contributed by atoms with van der Waals surface area (Å²) in [5.74, 6) is 1.66. The SMILES string of the molecule is C(=CC1CCCCC1)c1cccc(C2CCCCC2)c1. The van der Waals surface area contributed by atoms with Crippen LogP contribution in [-0.4, -0.2) is 0 Å². The molecule has 0 amide bonds. The molecule has 2 saturated carbocycles. The van der Waals surface area contributed by atoms with Gasteiger partial charge in [0.1, 0.15) is 0 Å². The van der Waals surface area contributed by atoms with Crippen molar-refractivity contribution in [3.05, 3.63) is 41.5 Å². The fraction of sp³-hybridized carbons (Fsp3) is 0.600. The monoisotopic (exact) mass is 268 g/mol. The minimum atomic E-state index is 0.826. The van der Waals surface area contributed by atoms with Gasteiger partial charge < -0.3 is 0 Å². The molecule has 2 aliphatic carbocycles. The predicted octanol–water partition coefficient (Wildman–Crippen LogP) is 6.33. The summed E-state index contributed by atoms with van der Waals surface area (Å²) in [5, 5.41) is 0. The molecule has 20 heavy (non-hydrogen) atoms. The quantitative estimate of drug-likeness (QED) is 0.601. The minimum absolute atomic E-state index is 0.826. The number of allylic oxidation sites excluding steroid dienone is 1. The standard InChI is InChI=1S/C20H28/c1-3-8-17(9-4-1)14-15-18-10-7-13-20(16-18)19-11-5-2-6-12-19/h7,10,13-17,19H,1-6,8-9,11-12H2. The lowest BCUT2D eigenvalue weighted by atomic mass is 9.83. The Morgan fingerprint density at radius 1 is 0.800 bits per heavy atom. The zero-order valence-electron chi connectivity index (χ0n) is 12.7. The molecule has 0 saturated heterocycles. The van der Waals surface area contributed by atoms with Crippen molar-refractivity contribution in [3.8, 4) is 0 Å². The van der Waals surface area contributed by atoms with Crippen molar-refractivity contribution in [1.82, 2.24) is 0 Å². The summed E-state index contributed by atoms with van der Waals surface area (Å²) >= 11 is 0. The van der Waals surface area contributed by atoms with E-state index < -0.39 is 0 Å². The van der Waals surface area contributed by atoms with Gasteiger partial charge in [0.05, 0.1) is 0 Å². The first-order valence-electron chi connectivity index (χ1n) is 8.70. The van der Waals surface area contributed by atoms with E-state index >= 15 is 0 Å². The molecule has 0 aromatic heterocycles. The van der Waals surface area contributed by atoms with Crippen LogP contribution in [0.25, 0.3) is 6.08 Å². The normalized spacial score (nSPS) is 22.4. The molecular formula is C20H28. The number of hydrogen-bond acceptors (Lipinski definition) is 0. The van der Waals surface area contributed by atoms with E-state index in [9.17, 15) is 0 Å². The lowest BCUT2D eigenvalue weighted by molar-refractivity contribution is 0.420. The molecule has 0 nitrogen and oxygen atoms in total. The van der Waals surface area contributed by atoms with Crippen LogP contribution in [0.2, 0.25) is 0 Å².